The Bertz CT molecular complexity index is 538. The Hall–Kier alpha value is -1.88. The molecule has 6 heteroatoms. The van der Waals surface area contributed by atoms with E-state index in [0.717, 1.165) is 6.08 Å². The molecule has 114 valence electrons. The lowest BCUT2D eigenvalue weighted by atomic mass is 10.0. The van der Waals surface area contributed by atoms with Crippen molar-refractivity contribution in [1.29, 1.82) is 0 Å². The van der Waals surface area contributed by atoms with Crippen molar-refractivity contribution in [2.24, 2.45) is 5.92 Å². The summed E-state index contributed by atoms with van der Waals surface area (Å²) in [5, 5.41) is 11.6. The fraction of sp³-hybridized carbons (Fsp3) is 0.333. The van der Waals surface area contributed by atoms with Gasteiger partial charge in [0, 0.05) is 17.7 Å². The largest absolute Gasteiger partial charge is 0.481 e. The summed E-state index contributed by atoms with van der Waals surface area (Å²) in [5.41, 5.74) is 0.119. The molecule has 0 fully saturated rings. The van der Waals surface area contributed by atoms with Gasteiger partial charge in [-0.05, 0) is 24.1 Å². The van der Waals surface area contributed by atoms with E-state index in [2.05, 4.69) is 5.32 Å². The van der Waals surface area contributed by atoms with E-state index < -0.39 is 23.7 Å². The Morgan fingerprint density at radius 2 is 2.10 bits per heavy atom. The van der Waals surface area contributed by atoms with Crippen LogP contribution in [-0.4, -0.2) is 23.0 Å². The third-order valence-electron chi connectivity index (χ3n) is 2.93. The molecule has 1 rings (SSSR count). The van der Waals surface area contributed by atoms with Gasteiger partial charge in [-0.3, -0.25) is 9.59 Å². The van der Waals surface area contributed by atoms with Crippen LogP contribution in [0.3, 0.4) is 0 Å². The molecule has 0 saturated heterocycles. The molecule has 0 aliphatic heterocycles. The predicted molar refractivity (Wildman–Crippen MR) is 79.5 cm³/mol. The number of carboxylic acid groups (broad SMARTS) is 1. The zero-order chi connectivity index (χ0) is 16.0. The lowest BCUT2D eigenvalue weighted by molar-refractivity contribution is -0.138. The molecular formula is C15H17ClFNO3. The molecule has 0 spiro atoms. The van der Waals surface area contributed by atoms with Gasteiger partial charge in [-0.1, -0.05) is 31.5 Å². The van der Waals surface area contributed by atoms with Gasteiger partial charge in [0.05, 0.1) is 11.4 Å². The number of carboxylic acids is 1. The van der Waals surface area contributed by atoms with E-state index in [1.165, 1.54) is 24.3 Å². The first-order chi connectivity index (χ1) is 9.81. The Morgan fingerprint density at radius 1 is 1.43 bits per heavy atom. The third-order valence-corrected chi connectivity index (χ3v) is 3.26. The second-order valence-corrected chi connectivity index (χ2v) is 5.33. The summed E-state index contributed by atoms with van der Waals surface area (Å²) in [4.78, 5) is 22.5. The Labute approximate surface area is 127 Å². The Balaban J connectivity index is 2.76. The maximum absolute atomic E-state index is 13.5. The first-order valence-electron chi connectivity index (χ1n) is 6.45. The van der Waals surface area contributed by atoms with E-state index in [0.29, 0.717) is 0 Å². The summed E-state index contributed by atoms with van der Waals surface area (Å²) < 4.78 is 13.5. The summed E-state index contributed by atoms with van der Waals surface area (Å²) in [5.74, 6) is -2.04. The SMILES string of the molecule is CC(C)C(CC(=O)O)NC(=O)/C=C/c1c(F)cccc1Cl. The van der Waals surface area contributed by atoms with E-state index in [1.54, 1.807) is 0 Å². The minimum atomic E-state index is -0.991. The van der Waals surface area contributed by atoms with Crippen LogP contribution in [0.5, 0.6) is 0 Å². The lowest BCUT2D eigenvalue weighted by Gasteiger charge is -2.19. The molecule has 0 aromatic heterocycles. The second-order valence-electron chi connectivity index (χ2n) is 4.93. The van der Waals surface area contributed by atoms with Gasteiger partial charge in [0.2, 0.25) is 5.91 Å². The molecule has 1 unspecified atom stereocenters. The van der Waals surface area contributed by atoms with Crippen molar-refractivity contribution < 1.29 is 19.1 Å². The lowest BCUT2D eigenvalue weighted by Crippen LogP contribution is -2.39. The van der Waals surface area contributed by atoms with Gasteiger partial charge in [0.1, 0.15) is 5.82 Å². The van der Waals surface area contributed by atoms with Crippen LogP contribution in [-0.2, 0) is 9.59 Å². The summed E-state index contributed by atoms with van der Waals surface area (Å²) in [6, 6.07) is 3.74. The topological polar surface area (TPSA) is 66.4 Å². The predicted octanol–water partition coefficient (Wildman–Crippen LogP) is 3.11. The van der Waals surface area contributed by atoms with Crippen molar-refractivity contribution >= 4 is 29.6 Å². The molecule has 0 aliphatic carbocycles. The highest BCUT2D eigenvalue weighted by Crippen LogP contribution is 2.20. The number of amides is 1. The first kappa shape index (κ1) is 17.2. The van der Waals surface area contributed by atoms with Crippen LogP contribution in [0, 0.1) is 11.7 Å². The highest BCUT2D eigenvalue weighted by atomic mass is 35.5. The molecule has 0 bridgehead atoms. The molecule has 1 atom stereocenters. The van der Waals surface area contributed by atoms with E-state index in [-0.39, 0.29) is 22.9 Å². The van der Waals surface area contributed by atoms with Gasteiger partial charge in [-0.2, -0.15) is 0 Å². The molecule has 1 aromatic carbocycles. The van der Waals surface area contributed by atoms with Gasteiger partial charge >= 0.3 is 5.97 Å². The highest BCUT2D eigenvalue weighted by Gasteiger charge is 2.18. The summed E-state index contributed by atoms with van der Waals surface area (Å²) >= 11 is 5.84. The minimum Gasteiger partial charge on any atom is -0.481 e. The molecule has 1 amide bonds. The van der Waals surface area contributed by atoms with E-state index in [1.807, 2.05) is 13.8 Å². The summed E-state index contributed by atoms with van der Waals surface area (Å²) in [6.07, 6.45) is 2.24. The van der Waals surface area contributed by atoms with Crippen molar-refractivity contribution in [2.45, 2.75) is 26.3 Å². The van der Waals surface area contributed by atoms with Crippen molar-refractivity contribution in [3.63, 3.8) is 0 Å². The average molecular weight is 314 g/mol. The summed E-state index contributed by atoms with van der Waals surface area (Å²) in [7, 11) is 0. The number of halogens is 2. The molecule has 0 saturated carbocycles. The van der Waals surface area contributed by atoms with Crippen molar-refractivity contribution in [2.75, 3.05) is 0 Å². The minimum absolute atomic E-state index is 0.0319. The van der Waals surface area contributed by atoms with Crippen molar-refractivity contribution in [3.05, 3.63) is 40.7 Å². The zero-order valence-corrected chi connectivity index (χ0v) is 12.5. The highest BCUT2D eigenvalue weighted by molar-refractivity contribution is 6.32. The fourth-order valence-electron chi connectivity index (χ4n) is 1.70. The molecule has 21 heavy (non-hydrogen) atoms. The Morgan fingerprint density at radius 3 is 2.62 bits per heavy atom. The van der Waals surface area contributed by atoms with E-state index in [4.69, 9.17) is 16.7 Å². The van der Waals surface area contributed by atoms with Crippen LogP contribution in [0.4, 0.5) is 4.39 Å². The summed E-state index contributed by atoms with van der Waals surface area (Å²) in [6.45, 7) is 3.62. The van der Waals surface area contributed by atoms with Crippen LogP contribution >= 0.6 is 11.6 Å². The zero-order valence-electron chi connectivity index (χ0n) is 11.8. The van der Waals surface area contributed by atoms with Crippen LogP contribution < -0.4 is 5.32 Å². The average Bonchev–Trinajstić information content (AvgIpc) is 2.36. The number of rotatable bonds is 6. The first-order valence-corrected chi connectivity index (χ1v) is 6.83. The van der Waals surface area contributed by atoms with Crippen molar-refractivity contribution in [1.82, 2.24) is 5.32 Å². The van der Waals surface area contributed by atoms with Gasteiger partial charge in [-0.25, -0.2) is 4.39 Å². The molecule has 4 nitrogen and oxygen atoms in total. The number of hydrogen-bond acceptors (Lipinski definition) is 2. The maximum Gasteiger partial charge on any atom is 0.305 e. The van der Waals surface area contributed by atoms with E-state index in [9.17, 15) is 14.0 Å². The second kappa shape index (κ2) is 7.78. The van der Waals surface area contributed by atoms with Crippen LogP contribution in [0.25, 0.3) is 6.08 Å². The van der Waals surface area contributed by atoms with Gasteiger partial charge in [-0.15, -0.1) is 0 Å². The van der Waals surface area contributed by atoms with Crippen LogP contribution in [0.1, 0.15) is 25.8 Å². The molecule has 0 aliphatic rings. The van der Waals surface area contributed by atoms with Crippen molar-refractivity contribution in [3.8, 4) is 0 Å². The van der Waals surface area contributed by atoms with Crippen LogP contribution in [0.2, 0.25) is 5.02 Å². The smallest absolute Gasteiger partial charge is 0.305 e. The normalized spacial score (nSPS) is 12.6. The number of hydrogen-bond donors (Lipinski definition) is 2. The monoisotopic (exact) mass is 313 g/mol. The maximum atomic E-state index is 13.5. The number of aliphatic carboxylic acids is 1. The molecule has 1 aromatic rings. The van der Waals surface area contributed by atoms with E-state index >= 15 is 0 Å². The number of nitrogens with one attached hydrogen (secondary N) is 1. The number of carbonyl (C=O) groups is 2. The molecule has 0 radical (unpaired) electrons. The number of carbonyl (C=O) groups excluding carboxylic acids is 1. The third kappa shape index (κ3) is 5.55. The molecule has 2 N–H and O–H groups in total. The quantitative estimate of drug-likeness (QED) is 0.793. The number of benzene rings is 1. The van der Waals surface area contributed by atoms with Gasteiger partial charge in [0.15, 0.2) is 0 Å². The molecular weight excluding hydrogens is 297 g/mol. The van der Waals surface area contributed by atoms with Gasteiger partial charge < -0.3 is 10.4 Å². The standard InChI is InChI=1S/C15H17ClFNO3/c1-9(2)13(8-15(20)21)18-14(19)7-6-10-11(16)4-3-5-12(10)17/h3-7,9,13H,8H2,1-2H3,(H,18,19)(H,20,21)/b7-6+. The van der Waals surface area contributed by atoms with Crippen LogP contribution in [0.15, 0.2) is 24.3 Å². The molecule has 0 heterocycles. The van der Waals surface area contributed by atoms with Gasteiger partial charge in [0.25, 0.3) is 0 Å². The fourth-order valence-corrected chi connectivity index (χ4v) is 1.93. The Kier molecular flexibility index (Phi) is 6.37.